The lowest BCUT2D eigenvalue weighted by atomic mass is 9.98. The van der Waals surface area contributed by atoms with Crippen molar-refractivity contribution >= 4 is 33.6 Å². The lowest BCUT2D eigenvalue weighted by molar-refractivity contribution is -0.120. The second kappa shape index (κ2) is 8.49. The van der Waals surface area contributed by atoms with E-state index in [4.69, 9.17) is 0 Å². The number of benzene rings is 1. The highest BCUT2D eigenvalue weighted by Crippen LogP contribution is 2.22. The number of anilines is 1. The Bertz CT molecular complexity index is 817. The summed E-state index contributed by atoms with van der Waals surface area (Å²) in [4.78, 5) is 36.2. The van der Waals surface area contributed by atoms with E-state index in [2.05, 4.69) is 14.8 Å². The van der Waals surface area contributed by atoms with Crippen molar-refractivity contribution in [2.75, 3.05) is 38.9 Å². The number of ether oxygens (including phenoxy) is 2. The van der Waals surface area contributed by atoms with Gasteiger partial charge in [0.05, 0.1) is 37.5 Å². The minimum absolute atomic E-state index is 0.0807. The lowest BCUT2D eigenvalue weighted by Gasteiger charge is -2.30. The molecule has 0 spiro atoms. The summed E-state index contributed by atoms with van der Waals surface area (Å²) in [6, 6.07) is 4.07. The van der Waals surface area contributed by atoms with Gasteiger partial charge in [-0.25, -0.2) is 22.3 Å². The van der Waals surface area contributed by atoms with Gasteiger partial charge in [-0.3, -0.25) is 4.79 Å². The zero-order valence-corrected chi connectivity index (χ0v) is 16.2. The molecule has 0 aliphatic carbocycles. The maximum absolute atomic E-state index is 12.6. The molecule has 148 valence electrons. The Morgan fingerprint density at radius 2 is 1.63 bits per heavy atom. The number of hydrogen-bond donors (Lipinski definition) is 1. The van der Waals surface area contributed by atoms with Gasteiger partial charge in [0.1, 0.15) is 0 Å². The van der Waals surface area contributed by atoms with E-state index in [0.29, 0.717) is 19.4 Å². The molecule has 1 aliphatic rings. The monoisotopic (exact) mass is 398 g/mol. The second-order valence-corrected chi connectivity index (χ2v) is 8.21. The van der Waals surface area contributed by atoms with Crippen LogP contribution in [0.1, 0.15) is 33.6 Å². The molecule has 27 heavy (non-hydrogen) atoms. The Balaban J connectivity index is 2.23. The number of piperidine rings is 1. The van der Waals surface area contributed by atoms with Gasteiger partial charge in [0, 0.05) is 18.8 Å². The van der Waals surface area contributed by atoms with Gasteiger partial charge in [0.25, 0.3) is 0 Å². The summed E-state index contributed by atoms with van der Waals surface area (Å²) in [6.45, 7) is 0.470. The lowest BCUT2D eigenvalue weighted by Crippen LogP contribution is -2.43. The fraction of sp³-hybridized carbons (Fsp3) is 0.471. The minimum Gasteiger partial charge on any atom is -0.465 e. The van der Waals surface area contributed by atoms with Crippen LogP contribution < -0.4 is 5.32 Å². The third kappa shape index (κ3) is 5.27. The molecule has 1 heterocycles. The molecule has 1 aromatic rings. The molecule has 1 aliphatic heterocycles. The maximum Gasteiger partial charge on any atom is 0.337 e. The zero-order valence-electron chi connectivity index (χ0n) is 15.4. The Hall–Kier alpha value is -2.46. The quantitative estimate of drug-likeness (QED) is 0.731. The molecule has 0 radical (unpaired) electrons. The molecule has 0 bridgehead atoms. The van der Waals surface area contributed by atoms with Crippen LogP contribution in [0.25, 0.3) is 0 Å². The normalized spacial score (nSPS) is 17.8. The van der Waals surface area contributed by atoms with Crippen molar-refractivity contribution in [2.45, 2.75) is 12.8 Å². The van der Waals surface area contributed by atoms with Crippen LogP contribution in [0.15, 0.2) is 18.2 Å². The smallest absolute Gasteiger partial charge is 0.337 e. The summed E-state index contributed by atoms with van der Waals surface area (Å²) in [5.41, 5.74) is 0.383. The molecule has 0 aromatic heterocycles. The first-order chi connectivity index (χ1) is 12.7. The van der Waals surface area contributed by atoms with Crippen molar-refractivity contribution in [1.82, 2.24) is 4.31 Å². The molecule has 0 unspecified atom stereocenters. The minimum atomic E-state index is -3.38. The molecule has 1 fully saturated rings. The molecule has 2 rings (SSSR count). The topological polar surface area (TPSA) is 119 Å². The van der Waals surface area contributed by atoms with Crippen molar-refractivity contribution < 1.29 is 32.3 Å². The highest BCUT2D eigenvalue weighted by atomic mass is 32.2. The molecule has 9 nitrogen and oxygen atoms in total. The molecule has 1 N–H and O–H groups in total. The third-order valence-corrected chi connectivity index (χ3v) is 5.54. The van der Waals surface area contributed by atoms with Crippen LogP contribution in [0.5, 0.6) is 0 Å². The van der Waals surface area contributed by atoms with Gasteiger partial charge in [0.15, 0.2) is 0 Å². The van der Waals surface area contributed by atoms with E-state index < -0.39 is 27.9 Å². The number of sulfonamides is 1. The summed E-state index contributed by atoms with van der Waals surface area (Å²) < 4.78 is 34.0. The number of hydrogen-bond acceptors (Lipinski definition) is 7. The first kappa shape index (κ1) is 20.8. The predicted octanol–water partition coefficient (Wildman–Crippen LogP) is 0.870. The summed E-state index contributed by atoms with van der Waals surface area (Å²) in [5.74, 6) is -2.26. The largest absolute Gasteiger partial charge is 0.465 e. The first-order valence-electron chi connectivity index (χ1n) is 8.23. The molecule has 1 atom stereocenters. The van der Waals surface area contributed by atoms with Crippen LogP contribution in [0.3, 0.4) is 0 Å². The number of carbonyl (C=O) groups excluding carboxylic acids is 3. The molecule has 1 amide bonds. The van der Waals surface area contributed by atoms with Crippen molar-refractivity contribution in [3.05, 3.63) is 29.3 Å². The number of nitrogens with zero attached hydrogens (tertiary/aromatic N) is 1. The number of carbonyl (C=O) groups is 3. The highest BCUT2D eigenvalue weighted by Gasteiger charge is 2.30. The zero-order chi connectivity index (χ0) is 20.2. The fourth-order valence-electron chi connectivity index (χ4n) is 2.87. The fourth-order valence-corrected chi connectivity index (χ4v) is 3.78. The standard InChI is InChI=1S/C17H22N2O7S/c1-25-16(21)12-7-13(17(22)26-2)9-14(8-12)18-15(20)11-5-4-6-19(10-11)27(3,23)24/h7-9,11H,4-6,10H2,1-3H3,(H,18,20)/t11-/m0/s1. The van der Waals surface area contributed by atoms with Gasteiger partial charge in [0.2, 0.25) is 15.9 Å². The summed E-state index contributed by atoms with van der Waals surface area (Å²) >= 11 is 0. The Morgan fingerprint density at radius 1 is 1.07 bits per heavy atom. The van der Waals surface area contributed by atoms with Crippen LogP contribution in [0.2, 0.25) is 0 Å². The predicted molar refractivity (Wildman–Crippen MR) is 96.9 cm³/mol. The van der Waals surface area contributed by atoms with Crippen LogP contribution >= 0.6 is 0 Å². The second-order valence-electron chi connectivity index (χ2n) is 6.23. The van der Waals surface area contributed by atoms with E-state index in [1.807, 2.05) is 0 Å². The van der Waals surface area contributed by atoms with E-state index in [0.717, 1.165) is 6.26 Å². The SMILES string of the molecule is COC(=O)c1cc(NC(=O)[C@H]2CCCN(S(C)(=O)=O)C2)cc(C(=O)OC)c1. The number of methoxy groups -OCH3 is 2. The highest BCUT2D eigenvalue weighted by molar-refractivity contribution is 7.88. The van der Waals surface area contributed by atoms with Crippen LogP contribution in [-0.4, -0.2) is 64.1 Å². The van der Waals surface area contributed by atoms with E-state index in [1.54, 1.807) is 0 Å². The van der Waals surface area contributed by atoms with E-state index >= 15 is 0 Å². The number of esters is 2. The molecular weight excluding hydrogens is 376 g/mol. The molecule has 0 saturated carbocycles. The van der Waals surface area contributed by atoms with Crippen molar-refractivity contribution in [2.24, 2.45) is 5.92 Å². The van der Waals surface area contributed by atoms with Gasteiger partial charge in [-0.2, -0.15) is 0 Å². The van der Waals surface area contributed by atoms with E-state index in [9.17, 15) is 22.8 Å². The van der Waals surface area contributed by atoms with Gasteiger partial charge < -0.3 is 14.8 Å². The van der Waals surface area contributed by atoms with Crippen molar-refractivity contribution in [3.63, 3.8) is 0 Å². The molecular formula is C17H22N2O7S. The average Bonchev–Trinajstić information content (AvgIpc) is 2.65. The van der Waals surface area contributed by atoms with E-state index in [-0.39, 0.29) is 29.3 Å². The summed E-state index contributed by atoms with van der Waals surface area (Å²) in [7, 11) is -0.974. The van der Waals surface area contributed by atoms with Gasteiger partial charge >= 0.3 is 11.9 Å². The van der Waals surface area contributed by atoms with E-state index in [1.165, 1.54) is 36.7 Å². The molecule has 1 saturated heterocycles. The average molecular weight is 398 g/mol. The maximum atomic E-state index is 12.6. The van der Waals surface area contributed by atoms with Crippen molar-refractivity contribution in [3.8, 4) is 0 Å². The Labute approximate surface area is 157 Å². The first-order valence-corrected chi connectivity index (χ1v) is 10.1. The van der Waals surface area contributed by atoms with Gasteiger partial charge in [-0.1, -0.05) is 0 Å². The summed E-state index contributed by atoms with van der Waals surface area (Å²) in [6.07, 6.45) is 2.22. The van der Waals surface area contributed by atoms with Crippen molar-refractivity contribution in [1.29, 1.82) is 0 Å². The number of nitrogens with one attached hydrogen (secondary N) is 1. The Kier molecular flexibility index (Phi) is 6.55. The summed E-state index contributed by atoms with van der Waals surface area (Å²) in [5, 5.41) is 2.65. The van der Waals surface area contributed by atoms with Crippen LogP contribution in [-0.2, 0) is 24.3 Å². The number of rotatable bonds is 5. The van der Waals surface area contributed by atoms with Gasteiger partial charge in [-0.15, -0.1) is 0 Å². The van der Waals surface area contributed by atoms with Crippen LogP contribution in [0, 0.1) is 5.92 Å². The van der Waals surface area contributed by atoms with Crippen LogP contribution in [0.4, 0.5) is 5.69 Å². The molecule has 1 aromatic carbocycles. The number of amides is 1. The molecule has 10 heteroatoms. The van der Waals surface area contributed by atoms with Gasteiger partial charge in [-0.05, 0) is 31.0 Å². The Morgan fingerprint density at radius 3 is 2.11 bits per heavy atom. The third-order valence-electron chi connectivity index (χ3n) is 4.27.